The Hall–Kier alpha value is -0.511. The summed E-state index contributed by atoms with van der Waals surface area (Å²) in [6.07, 6.45) is 1.57. The van der Waals surface area contributed by atoms with E-state index in [1.54, 1.807) is 18.4 Å². The monoisotopic (exact) mass is 328 g/mol. The van der Waals surface area contributed by atoms with E-state index >= 15 is 0 Å². The number of rotatable bonds is 1. The molecule has 5 heteroatoms. The molecule has 20 heavy (non-hydrogen) atoms. The molecule has 1 aromatic heterocycles. The summed E-state index contributed by atoms with van der Waals surface area (Å²) in [4.78, 5) is 23.3. The number of anilines is 2. The first-order valence-corrected chi connectivity index (χ1v) is 14.8. The van der Waals surface area contributed by atoms with Gasteiger partial charge in [0.25, 0.3) is 0 Å². The molecular weight excluding hydrogens is 312 g/mol. The number of thiophene rings is 1. The van der Waals surface area contributed by atoms with Crippen LogP contribution in [0.2, 0.25) is 47.7 Å². The van der Waals surface area contributed by atoms with Crippen LogP contribution >= 0.6 is 11.3 Å². The fourth-order valence-electron chi connectivity index (χ4n) is 17.0. The van der Waals surface area contributed by atoms with Crippen molar-refractivity contribution in [3.63, 3.8) is 0 Å². The fourth-order valence-corrected chi connectivity index (χ4v) is 91.0. The Morgan fingerprint density at radius 3 is 1.50 bits per heavy atom. The molecule has 0 radical (unpaired) electrons. The van der Waals surface area contributed by atoms with Gasteiger partial charge in [-0.1, -0.05) is 0 Å². The fraction of sp³-hybridized carbons (Fsp3) is 0.667. The molecule has 4 atom stereocenters. The van der Waals surface area contributed by atoms with E-state index in [4.69, 9.17) is 11.5 Å². The molecule has 10 fully saturated rings. The summed E-state index contributed by atoms with van der Waals surface area (Å²) in [7, 11) is 0. The van der Waals surface area contributed by atoms with Crippen LogP contribution in [0.15, 0.2) is 12.1 Å². The van der Waals surface area contributed by atoms with Crippen LogP contribution in [0.3, 0.4) is 0 Å². The first kappa shape index (κ1) is 8.21. The van der Waals surface area contributed by atoms with E-state index in [-0.39, 0.29) is 0 Å². The summed E-state index contributed by atoms with van der Waals surface area (Å²) in [5.41, 5.74) is 10.6. The normalized spacial score (nSPS) is 102. The number of fused-ring (bicyclic) bond motifs is 10. The van der Waals surface area contributed by atoms with Gasteiger partial charge in [0.05, 0.1) is 10.0 Å². The number of hydrogen-bond donors (Lipinski definition) is 2. The van der Waals surface area contributed by atoms with Crippen LogP contribution in [0.5, 0.6) is 0 Å². The minimum absolute atomic E-state index is 0.555. The molecule has 0 saturated carbocycles. The van der Waals surface area contributed by atoms with E-state index in [0.29, 0.717) is 4.31 Å². The third-order valence-electron chi connectivity index (χ3n) is 15.6. The van der Waals surface area contributed by atoms with Gasteiger partial charge in [-0.2, -0.15) is 0 Å². The number of carbonyl (C=O) groups is 1. The van der Waals surface area contributed by atoms with Crippen molar-refractivity contribution in [2.24, 2.45) is 0 Å². The third kappa shape index (κ3) is 0.0944. The molecule has 10 aliphatic rings. The molecule has 4 N–H and O–H groups in total. The van der Waals surface area contributed by atoms with Gasteiger partial charge in [0, 0.05) is 0 Å². The first-order valence-electron chi connectivity index (χ1n) is 7.68. The van der Waals surface area contributed by atoms with Gasteiger partial charge < -0.3 is 11.5 Å². The van der Waals surface area contributed by atoms with Crippen molar-refractivity contribution in [3.05, 3.63) is 12.1 Å². The Labute approximate surface area is 110 Å². The van der Waals surface area contributed by atoms with Gasteiger partial charge in [0.2, 0.25) is 0 Å². The van der Waals surface area contributed by atoms with E-state index in [1.807, 2.05) is 0 Å². The molecule has 11 heterocycles. The number of nitrogens with two attached hydrogens (primary N) is 2. The summed E-state index contributed by atoms with van der Waals surface area (Å²) in [5.74, 6) is 0. The van der Waals surface area contributed by atoms with Gasteiger partial charge in [-0.05, 0) is 12.1 Å². The Bertz CT molecular complexity index is 1090. The van der Waals surface area contributed by atoms with Gasteiger partial charge in [0.15, 0.2) is 0 Å². The number of nitrogen functional groups attached to an aromatic ring is 2. The predicted octanol–water partition coefficient (Wildman–Crippen LogP) is 3.86. The summed E-state index contributed by atoms with van der Waals surface area (Å²) < 4.78 is 0.555. The van der Waals surface area contributed by atoms with Crippen LogP contribution in [0.25, 0.3) is 0 Å². The molecule has 4 unspecified atom stereocenters. The van der Waals surface area contributed by atoms with Crippen LogP contribution in [-0.2, 0) is 11.3 Å². The van der Waals surface area contributed by atoms with E-state index in [9.17, 15) is 4.79 Å². The Morgan fingerprint density at radius 1 is 0.950 bits per heavy atom. The topological polar surface area (TPSA) is 69.1 Å². The van der Waals surface area contributed by atoms with Crippen molar-refractivity contribution in [1.29, 1.82) is 0 Å². The summed E-state index contributed by atoms with van der Waals surface area (Å²) in [5, 5.41) is 1.55. The number of carbonyl (C=O) groups excluding carboxylic acids is 1. The van der Waals surface area contributed by atoms with Crippen molar-refractivity contribution in [1.82, 2.24) is 0 Å². The molecule has 0 aromatic carbocycles. The number of aldehydes is 1. The molecule has 0 aliphatic carbocycles. The second-order valence-corrected chi connectivity index (χ2v) is 35.8. The Balaban J connectivity index is 0.0000000971. The third-order valence-corrected chi connectivity index (χ3v) is 58.8. The van der Waals surface area contributed by atoms with E-state index in [0.717, 1.165) is 10.0 Å². The molecule has 11 rings (SSSR count). The maximum atomic E-state index is 11.6. The van der Waals surface area contributed by atoms with Crippen molar-refractivity contribution < 1.29 is 11.3 Å². The van der Waals surface area contributed by atoms with Crippen LogP contribution < -0.4 is 11.5 Å². The quantitative estimate of drug-likeness (QED) is 0.607. The van der Waals surface area contributed by atoms with E-state index in [1.165, 1.54) is 54.7 Å². The molecule has 1 spiro atoms. The van der Waals surface area contributed by atoms with E-state index < -0.39 is 6.51 Å². The predicted molar refractivity (Wildman–Crippen MR) is 75.7 cm³/mol. The average molecular weight is 328 g/mol. The van der Waals surface area contributed by atoms with Gasteiger partial charge in [-0.15, -0.1) is 11.3 Å². The average Bonchev–Trinajstić information content (AvgIpc) is 3.35. The zero-order valence-corrected chi connectivity index (χ0v) is 12.7. The SMILES string of the molecule is Nc1ccc(N)s1.O=C[C]12[CH]3[CH]4[CH]5[CH]1[Fe]45321678[CH]2[CH]1[CH]6[CH]7[CH]28. The van der Waals surface area contributed by atoms with E-state index in [2.05, 4.69) is 0 Å². The van der Waals surface area contributed by atoms with Gasteiger partial charge in [0.1, 0.15) is 0 Å². The molecule has 106 valence electrons. The van der Waals surface area contributed by atoms with Crippen molar-refractivity contribution in [2.45, 2.75) is 47.7 Å². The second-order valence-electron chi connectivity index (χ2n) is 11.1. The van der Waals surface area contributed by atoms with Crippen LogP contribution in [0.4, 0.5) is 10.0 Å². The zero-order valence-electron chi connectivity index (χ0n) is 10.8. The molecule has 1 aromatic rings. The van der Waals surface area contributed by atoms with Crippen LogP contribution in [-0.4, -0.2) is 6.29 Å². The summed E-state index contributed by atoms with van der Waals surface area (Å²) in [6, 6.07) is 3.58. The minimum atomic E-state index is -2.87. The number of hydrogen-bond acceptors (Lipinski definition) is 4. The Morgan fingerprint density at radius 2 is 1.40 bits per heavy atom. The van der Waals surface area contributed by atoms with Crippen molar-refractivity contribution in [3.8, 4) is 0 Å². The second kappa shape index (κ2) is 0.739. The maximum absolute atomic E-state index is 11.6. The van der Waals surface area contributed by atoms with Crippen LogP contribution in [0.1, 0.15) is 0 Å². The van der Waals surface area contributed by atoms with Crippen molar-refractivity contribution in [2.75, 3.05) is 11.5 Å². The Kier molecular flexibility index (Phi) is 0.303. The van der Waals surface area contributed by atoms with Crippen molar-refractivity contribution >= 4 is 27.6 Å². The summed E-state index contributed by atoms with van der Waals surface area (Å²) >= 11 is 1.40. The van der Waals surface area contributed by atoms with Crippen LogP contribution in [0, 0.1) is 0 Å². The first-order chi connectivity index (χ1) is 9.39. The molecular formula is C15H16FeN2OS. The molecule has 10 saturated heterocycles. The molecule has 3 nitrogen and oxygen atoms in total. The van der Waals surface area contributed by atoms with Gasteiger partial charge in [-0.3, -0.25) is 0 Å². The zero-order chi connectivity index (χ0) is 13.0. The van der Waals surface area contributed by atoms with Gasteiger partial charge in [-0.25, -0.2) is 0 Å². The molecule has 0 bridgehead atoms. The standard InChI is InChI=1S/C6H5O.C5H5.C4H6N2S.Fe/c7-5-6-3-1-2-4-6;1-2-4-5-3-1;5-3-1-2-4(6)7-3;/h1-5H;1-5H;1-2H,5-6H2;. The van der Waals surface area contributed by atoms with Gasteiger partial charge >= 0.3 is 65.3 Å². The summed E-state index contributed by atoms with van der Waals surface area (Å²) in [6.45, 7) is -2.87. The molecule has 10 aliphatic heterocycles. The molecule has 0 amide bonds.